The van der Waals surface area contributed by atoms with E-state index < -0.39 is 0 Å². The maximum Gasteiger partial charge on any atom is 0.255 e. The molecule has 144 valence electrons. The lowest BCUT2D eigenvalue weighted by atomic mass is 9.94. The summed E-state index contributed by atoms with van der Waals surface area (Å²) in [7, 11) is 0. The number of amides is 2. The first kappa shape index (κ1) is 20.3. The second-order valence-corrected chi connectivity index (χ2v) is 6.85. The second-order valence-electron chi connectivity index (χ2n) is 6.85. The summed E-state index contributed by atoms with van der Waals surface area (Å²) >= 11 is 0. The quantitative estimate of drug-likeness (QED) is 0.769. The van der Waals surface area contributed by atoms with Crippen molar-refractivity contribution in [2.45, 2.75) is 58.9 Å². The van der Waals surface area contributed by atoms with Crippen LogP contribution < -0.4 is 5.32 Å². The molecule has 0 spiro atoms. The normalized spacial score (nSPS) is 14.7. The van der Waals surface area contributed by atoms with Crippen molar-refractivity contribution < 1.29 is 9.59 Å². The molecule has 1 N–H and O–H groups in total. The molecule has 1 fully saturated rings. The van der Waals surface area contributed by atoms with Gasteiger partial charge in [0.25, 0.3) is 5.91 Å². The monoisotopic (exact) mass is 359 g/mol. The molecular formula is C21H33N3O2. The molecule has 0 heterocycles. The third-order valence-electron chi connectivity index (χ3n) is 5.31. The highest BCUT2D eigenvalue weighted by Gasteiger charge is 2.24. The number of nitrogens with one attached hydrogen (secondary N) is 1. The van der Waals surface area contributed by atoms with Crippen LogP contribution in [0.1, 0.15) is 63.2 Å². The largest absolute Gasteiger partial charge is 0.376 e. The van der Waals surface area contributed by atoms with E-state index in [1.165, 1.54) is 19.3 Å². The van der Waals surface area contributed by atoms with E-state index in [0.29, 0.717) is 24.7 Å². The van der Waals surface area contributed by atoms with Crippen molar-refractivity contribution in [3.8, 4) is 0 Å². The number of likely N-dealkylation sites (N-methyl/N-ethyl adjacent to an activating group) is 1. The van der Waals surface area contributed by atoms with Crippen LogP contribution in [0.15, 0.2) is 24.3 Å². The maximum atomic E-state index is 12.7. The molecule has 0 aliphatic heterocycles. The van der Waals surface area contributed by atoms with Crippen molar-refractivity contribution in [3.63, 3.8) is 0 Å². The SMILES string of the molecule is CCN(CC)C(=O)c1ccccc1NCC(=O)N(CC)C1CCCCC1. The Balaban J connectivity index is 2.04. The number of rotatable bonds is 8. The van der Waals surface area contributed by atoms with Crippen LogP contribution in [0.5, 0.6) is 0 Å². The Kier molecular flexibility index (Phi) is 7.95. The zero-order valence-corrected chi connectivity index (χ0v) is 16.5. The molecule has 2 rings (SSSR count). The summed E-state index contributed by atoms with van der Waals surface area (Å²) < 4.78 is 0. The highest BCUT2D eigenvalue weighted by molar-refractivity contribution is 6.00. The molecule has 1 aliphatic rings. The Morgan fingerprint density at radius 1 is 1.00 bits per heavy atom. The number of hydrogen-bond donors (Lipinski definition) is 1. The first-order valence-corrected chi connectivity index (χ1v) is 10.0. The van der Waals surface area contributed by atoms with Crippen molar-refractivity contribution in [2.24, 2.45) is 0 Å². The summed E-state index contributed by atoms with van der Waals surface area (Å²) in [5.74, 6) is 0.120. The molecule has 1 aliphatic carbocycles. The van der Waals surface area contributed by atoms with Gasteiger partial charge in [0, 0.05) is 31.4 Å². The van der Waals surface area contributed by atoms with E-state index >= 15 is 0 Å². The van der Waals surface area contributed by atoms with Crippen LogP contribution in [-0.4, -0.2) is 53.8 Å². The third-order valence-corrected chi connectivity index (χ3v) is 5.31. The Morgan fingerprint density at radius 3 is 2.27 bits per heavy atom. The van der Waals surface area contributed by atoms with E-state index in [1.54, 1.807) is 4.90 Å². The molecule has 1 saturated carbocycles. The molecule has 1 aromatic rings. The fourth-order valence-corrected chi connectivity index (χ4v) is 3.81. The van der Waals surface area contributed by atoms with Gasteiger partial charge in [-0.25, -0.2) is 0 Å². The number of anilines is 1. The van der Waals surface area contributed by atoms with Crippen molar-refractivity contribution in [1.29, 1.82) is 0 Å². The zero-order valence-electron chi connectivity index (χ0n) is 16.5. The van der Waals surface area contributed by atoms with Gasteiger partial charge in [-0.2, -0.15) is 0 Å². The number of hydrogen-bond acceptors (Lipinski definition) is 3. The summed E-state index contributed by atoms with van der Waals surface area (Å²) in [5.41, 5.74) is 1.36. The van der Waals surface area contributed by atoms with Gasteiger partial charge in [0.1, 0.15) is 0 Å². The molecule has 0 bridgehead atoms. The first-order valence-electron chi connectivity index (χ1n) is 10.0. The predicted octanol–water partition coefficient (Wildman–Crippen LogP) is 3.76. The summed E-state index contributed by atoms with van der Waals surface area (Å²) in [4.78, 5) is 29.2. The first-order chi connectivity index (χ1) is 12.6. The molecule has 0 unspecified atom stereocenters. The van der Waals surface area contributed by atoms with Gasteiger partial charge >= 0.3 is 0 Å². The summed E-state index contributed by atoms with van der Waals surface area (Å²) in [6, 6.07) is 7.83. The van der Waals surface area contributed by atoms with Crippen molar-refractivity contribution >= 4 is 17.5 Å². The van der Waals surface area contributed by atoms with E-state index in [-0.39, 0.29) is 18.4 Å². The van der Waals surface area contributed by atoms with E-state index in [2.05, 4.69) is 5.32 Å². The summed E-state index contributed by atoms with van der Waals surface area (Å²) in [6.45, 7) is 8.32. The Bertz CT molecular complexity index is 593. The van der Waals surface area contributed by atoms with Gasteiger partial charge in [-0.15, -0.1) is 0 Å². The van der Waals surface area contributed by atoms with E-state index in [0.717, 1.165) is 25.1 Å². The molecule has 1 aromatic carbocycles. The standard InChI is InChI=1S/C21H33N3O2/c1-4-23(5-2)21(26)18-14-10-11-15-19(18)22-16-20(25)24(6-3)17-12-8-7-9-13-17/h10-11,14-15,17,22H,4-9,12-13,16H2,1-3H3. The minimum absolute atomic E-state index is 0.00479. The molecule has 5 heteroatoms. The molecule has 0 saturated heterocycles. The van der Waals surface area contributed by atoms with Gasteiger partial charge in [0.15, 0.2) is 0 Å². The summed E-state index contributed by atoms with van der Waals surface area (Å²) in [5, 5.41) is 3.21. The number of para-hydroxylation sites is 1. The van der Waals surface area contributed by atoms with Gasteiger partial charge in [-0.1, -0.05) is 31.4 Å². The van der Waals surface area contributed by atoms with Gasteiger partial charge in [0.05, 0.1) is 12.1 Å². The van der Waals surface area contributed by atoms with Crippen LogP contribution in [0.25, 0.3) is 0 Å². The van der Waals surface area contributed by atoms with Gasteiger partial charge in [0.2, 0.25) is 5.91 Å². The van der Waals surface area contributed by atoms with Crippen LogP contribution in [0.2, 0.25) is 0 Å². The van der Waals surface area contributed by atoms with Gasteiger partial charge < -0.3 is 15.1 Å². The Hall–Kier alpha value is -2.04. The lowest BCUT2D eigenvalue weighted by Crippen LogP contribution is -2.44. The Morgan fingerprint density at radius 2 is 1.65 bits per heavy atom. The molecule has 0 atom stereocenters. The Labute approximate surface area is 157 Å². The molecule has 0 aromatic heterocycles. The van der Waals surface area contributed by atoms with Crippen LogP contribution in [0.3, 0.4) is 0 Å². The van der Waals surface area contributed by atoms with E-state index in [4.69, 9.17) is 0 Å². The van der Waals surface area contributed by atoms with Crippen molar-refractivity contribution in [3.05, 3.63) is 29.8 Å². The van der Waals surface area contributed by atoms with Crippen LogP contribution in [0.4, 0.5) is 5.69 Å². The lowest BCUT2D eigenvalue weighted by Gasteiger charge is -2.33. The number of carbonyl (C=O) groups excluding carboxylic acids is 2. The highest BCUT2D eigenvalue weighted by atomic mass is 16.2. The molecule has 2 amide bonds. The fourth-order valence-electron chi connectivity index (χ4n) is 3.81. The predicted molar refractivity (Wildman–Crippen MR) is 106 cm³/mol. The topological polar surface area (TPSA) is 52.7 Å². The minimum atomic E-state index is 0.00479. The van der Waals surface area contributed by atoms with Crippen molar-refractivity contribution in [2.75, 3.05) is 31.5 Å². The third kappa shape index (κ3) is 4.99. The van der Waals surface area contributed by atoms with Crippen LogP contribution >= 0.6 is 0 Å². The van der Waals surface area contributed by atoms with Crippen molar-refractivity contribution in [1.82, 2.24) is 9.80 Å². The van der Waals surface area contributed by atoms with Gasteiger partial charge in [-0.05, 0) is 45.7 Å². The van der Waals surface area contributed by atoms with E-state index in [1.807, 2.05) is 49.9 Å². The smallest absolute Gasteiger partial charge is 0.255 e. The van der Waals surface area contributed by atoms with Crippen LogP contribution in [-0.2, 0) is 4.79 Å². The molecular weight excluding hydrogens is 326 g/mol. The molecule has 5 nitrogen and oxygen atoms in total. The molecule has 26 heavy (non-hydrogen) atoms. The molecule has 0 radical (unpaired) electrons. The minimum Gasteiger partial charge on any atom is -0.376 e. The number of benzene rings is 1. The maximum absolute atomic E-state index is 12.7. The average Bonchev–Trinajstić information content (AvgIpc) is 2.69. The highest BCUT2D eigenvalue weighted by Crippen LogP contribution is 2.23. The summed E-state index contributed by atoms with van der Waals surface area (Å²) in [6.07, 6.45) is 5.92. The number of carbonyl (C=O) groups is 2. The zero-order chi connectivity index (χ0) is 18.9. The van der Waals surface area contributed by atoms with Crippen LogP contribution in [0, 0.1) is 0 Å². The van der Waals surface area contributed by atoms with Gasteiger partial charge in [-0.3, -0.25) is 9.59 Å². The number of nitrogens with zero attached hydrogens (tertiary/aromatic N) is 2. The van der Waals surface area contributed by atoms with E-state index in [9.17, 15) is 9.59 Å². The second kappa shape index (κ2) is 10.2. The average molecular weight is 360 g/mol. The lowest BCUT2D eigenvalue weighted by molar-refractivity contribution is -0.132. The fraction of sp³-hybridized carbons (Fsp3) is 0.619.